The van der Waals surface area contributed by atoms with Gasteiger partial charge in [-0.05, 0) is 62.2 Å². The van der Waals surface area contributed by atoms with Crippen LogP contribution in [0.5, 0.6) is 0 Å². The molecule has 0 nitrogen and oxygen atoms in total. The Morgan fingerprint density at radius 1 is 0.591 bits per heavy atom. The van der Waals surface area contributed by atoms with E-state index in [0.29, 0.717) is 35.5 Å². The van der Waals surface area contributed by atoms with Crippen molar-refractivity contribution in [3.63, 3.8) is 0 Å². The molecule has 0 aromatic carbocycles. The molecular weight excluding hydrogens is 264 g/mol. The Labute approximate surface area is 134 Å². The van der Waals surface area contributed by atoms with Crippen LogP contribution in [0.25, 0.3) is 0 Å². The van der Waals surface area contributed by atoms with Gasteiger partial charge >= 0.3 is 0 Å². The third-order valence-electron chi connectivity index (χ3n) is 6.00. The van der Waals surface area contributed by atoms with Crippen LogP contribution in [-0.4, -0.2) is 0 Å². The van der Waals surface area contributed by atoms with Gasteiger partial charge in [-0.2, -0.15) is 0 Å². The normalized spacial score (nSPS) is 42.5. The SMILES string of the molecule is CC1=CC(C2C=C(C)CC3C=CC=CC32)C2C=CC=CC2C1. The molecule has 0 aliphatic heterocycles. The van der Waals surface area contributed by atoms with Crippen LogP contribution < -0.4 is 0 Å². The van der Waals surface area contributed by atoms with Gasteiger partial charge in [0.25, 0.3) is 0 Å². The van der Waals surface area contributed by atoms with Crippen molar-refractivity contribution in [3.05, 3.63) is 71.9 Å². The molecule has 6 atom stereocenters. The summed E-state index contributed by atoms with van der Waals surface area (Å²) >= 11 is 0. The van der Waals surface area contributed by atoms with Crippen LogP contribution in [0, 0.1) is 35.5 Å². The van der Waals surface area contributed by atoms with Gasteiger partial charge in [-0.1, -0.05) is 71.9 Å². The molecule has 0 saturated heterocycles. The highest BCUT2D eigenvalue weighted by molar-refractivity contribution is 5.29. The lowest BCUT2D eigenvalue weighted by molar-refractivity contribution is 0.210. The molecule has 0 saturated carbocycles. The van der Waals surface area contributed by atoms with E-state index in [4.69, 9.17) is 0 Å². The number of rotatable bonds is 1. The third kappa shape index (κ3) is 2.39. The highest BCUT2D eigenvalue weighted by Crippen LogP contribution is 2.48. The zero-order chi connectivity index (χ0) is 15.1. The molecule has 6 unspecified atom stereocenters. The Kier molecular flexibility index (Phi) is 3.56. The van der Waals surface area contributed by atoms with Crippen molar-refractivity contribution >= 4 is 0 Å². The molecule has 0 amide bonds. The quantitative estimate of drug-likeness (QED) is 0.549. The first-order valence-corrected chi connectivity index (χ1v) is 8.77. The molecular formula is C22H26. The minimum atomic E-state index is 0.652. The van der Waals surface area contributed by atoms with E-state index < -0.39 is 0 Å². The highest BCUT2D eigenvalue weighted by Gasteiger charge is 2.40. The number of hydrogen-bond donors (Lipinski definition) is 0. The molecule has 4 aliphatic rings. The van der Waals surface area contributed by atoms with Gasteiger partial charge < -0.3 is 0 Å². The van der Waals surface area contributed by atoms with Gasteiger partial charge in [-0.3, -0.25) is 0 Å². The fourth-order valence-electron chi connectivity index (χ4n) is 5.07. The summed E-state index contributed by atoms with van der Waals surface area (Å²) in [5, 5.41) is 0. The number of hydrogen-bond acceptors (Lipinski definition) is 0. The van der Waals surface area contributed by atoms with Crippen molar-refractivity contribution in [2.75, 3.05) is 0 Å². The molecule has 0 fully saturated rings. The molecule has 0 heteroatoms. The summed E-state index contributed by atoms with van der Waals surface area (Å²) < 4.78 is 0. The van der Waals surface area contributed by atoms with Gasteiger partial charge in [-0.15, -0.1) is 0 Å². The molecule has 0 N–H and O–H groups in total. The van der Waals surface area contributed by atoms with Crippen molar-refractivity contribution in [2.24, 2.45) is 35.5 Å². The van der Waals surface area contributed by atoms with E-state index in [0.717, 1.165) is 0 Å². The molecule has 4 aliphatic carbocycles. The molecule has 114 valence electrons. The van der Waals surface area contributed by atoms with E-state index in [-0.39, 0.29) is 0 Å². The van der Waals surface area contributed by atoms with Gasteiger partial charge in [0.05, 0.1) is 0 Å². The Balaban J connectivity index is 1.72. The van der Waals surface area contributed by atoms with Crippen LogP contribution in [0.2, 0.25) is 0 Å². The smallest absolute Gasteiger partial charge is 0.00931 e. The van der Waals surface area contributed by atoms with E-state index in [1.165, 1.54) is 12.8 Å². The summed E-state index contributed by atoms with van der Waals surface area (Å²) in [6, 6.07) is 0. The van der Waals surface area contributed by atoms with Gasteiger partial charge in [0, 0.05) is 0 Å². The van der Waals surface area contributed by atoms with Crippen LogP contribution in [-0.2, 0) is 0 Å². The third-order valence-corrected chi connectivity index (χ3v) is 6.00. The lowest BCUT2D eigenvalue weighted by Crippen LogP contribution is -2.37. The van der Waals surface area contributed by atoms with Gasteiger partial charge in [0.15, 0.2) is 0 Å². The van der Waals surface area contributed by atoms with Crippen LogP contribution in [0.3, 0.4) is 0 Å². The van der Waals surface area contributed by atoms with Gasteiger partial charge in [-0.25, -0.2) is 0 Å². The first kappa shape index (κ1) is 14.1. The van der Waals surface area contributed by atoms with E-state index >= 15 is 0 Å². The predicted octanol–water partition coefficient (Wildman–Crippen LogP) is 5.64. The van der Waals surface area contributed by atoms with Crippen molar-refractivity contribution in [1.29, 1.82) is 0 Å². The summed E-state index contributed by atoms with van der Waals surface area (Å²) in [5.74, 6) is 4.08. The van der Waals surface area contributed by atoms with E-state index in [2.05, 4.69) is 74.6 Å². The van der Waals surface area contributed by atoms with Crippen molar-refractivity contribution in [2.45, 2.75) is 26.7 Å². The topological polar surface area (TPSA) is 0 Å². The first-order chi connectivity index (χ1) is 10.7. The molecule has 0 aromatic heterocycles. The largest absolute Gasteiger partial charge is 0.0813 e. The van der Waals surface area contributed by atoms with Crippen LogP contribution in [0.15, 0.2) is 71.9 Å². The Morgan fingerprint density at radius 3 is 1.45 bits per heavy atom. The average molecular weight is 290 g/mol. The van der Waals surface area contributed by atoms with E-state index in [1.54, 1.807) is 11.1 Å². The maximum atomic E-state index is 2.59. The molecule has 0 spiro atoms. The molecule has 0 bridgehead atoms. The summed E-state index contributed by atoms with van der Waals surface area (Å²) in [6.45, 7) is 4.64. The fourth-order valence-corrected chi connectivity index (χ4v) is 5.07. The van der Waals surface area contributed by atoms with Gasteiger partial charge in [0.2, 0.25) is 0 Å². The minimum absolute atomic E-state index is 0.652. The second-order valence-electron chi connectivity index (χ2n) is 7.61. The summed E-state index contributed by atoms with van der Waals surface area (Å²) in [5.41, 5.74) is 3.16. The van der Waals surface area contributed by atoms with Crippen molar-refractivity contribution < 1.29 is 0 Å². The number of allylic oxidation sites excluding steroid dienone is 12. The van der Waals surface area contributed by atoms with Gasteiger partial charge in [0.1, 0.15) is 0 Å². The second-order valence-corrected chi connectivity index (χ2v) is 7.61. The minimum Gasteiger partial charge on any atom is -0.0813 e. The Morgan fingerprint density at radius 2 is 1.00 bits per heavy atom. The Hall–Kier alpha value is -1.56. The molecule has 0 heterocycles. The van der Waals surface area contributed by atoms with Crippen LogP contribution in [0.1, 0.15) is 26.7 Å². The fraction of sp³-hybridized carbons (Fsp3) is 0.455. The molecule has 22 heavy (non-hydrogen) atoms. The van der Waals surface area contributed by atoms with E-state index in [9.17, 15) is 0 Å². The van der Waals surface area contributed by atoms with E-state index in [1.807, 2.05) is 0 Å². The first-order valence-electron chi connectivity index (χ1n) is 8.77. The zero-order valence-corrected chi connectivity index (χ0v) is 13.7. The average Bonchev–Trinajstić information content (AvgIpc) is 2.53. The lowest BCUT2D eigenvalue weighted by Gasteiger charge is -2.44. The second kappa shape index (κ2) is 5.57. The summed E-state index contributed by atoms with van der Waals surface area (Å²) in [7, 11) is 0. The summed E-state index contributed by atoms with van der Waals surface area (Å²) in [6.07, 6.45) is 26.5. The highest BCUT2D eigenvalue weighted by atomic mass is 14.4. The molecule has 0 radical (unpaired) electrons. The maximum absolute atomic E-state index is 2.59. The predicted molar refractivity (Wildman–Crippen MR) is 94.2 cm³/mol. The number of fused-ring (bicyclic) bond motifs is 2. The van der Waals surface area contributed by atoms with Crippen molar-refractivity contribution in [1.82, 2.24) is 0 Å². The Bertz CT molecular complexity index is 566. The van der Waals surface area contributed by atoms with Crippen LogP contribution >= 0.6 is 0 Å². The zero-order valence-electron chi connectivity index (χ0n) is 13.7. The standard InChI is InChI=1S/C22H26/c1-15-11-17-7-3-5-9-19(17)21(13-15)22-14-16(2)12-18-8-4-6-10-20(18)22/h3-10,13-14,17-22H,11-12H2,1-2H3. The molecule has 4 rings (SSSR count). The van der Waals surface area contributed by atoms with Crippen molar-refractivity contribution in [3.8, 4) is 0 Å². The summed E-state index contributed by atoms with van der Waals surface area (Å²) in [4.78, 5) is 0. The van der Waals surface area contributed by atoms with Crippen LogP contribution in [0.4, 0.5) is 0 Å². The lowest BCUT2D eigenvalue weighted by atomic mass is 9.60. The maximum Gasteiger partial charge on any atom is -0.00931 e. The monoisotopic (exact) mass is 290 g/mol. The molecule has 0 aromatic rings.